The Bertz CT molecular complexity index is 355. The van der Waals surface area contributed by atoms with Crippen molar-refractivity contribution in [1.29, 1.82) is 0 Å². The minimum Gasteiger partial charge on any atom is -0.480 e. The lowest BCUT2D eigenvalue weighted by atomic mass is 10.7. The molecule has 1 heterocycles. The average molecular weight is 190 g/mol. The second-order valence-electron chi connectivity index (χ2n) is 2.13. The monoisotopic (exact) mass is 190 g/mol. The van der Waals surface area contributed by atoms with Crippen molar-refractivity contribution >= 4 is 10.0 Å². The maximum absolute atomic E-state index is 11.2. The van der Waals surface area contributed by atoms with E-state index in [0.717, 1.165) is 4.09 Å². The standard InChI is InChI=1S/C6H10N2O3S/c1-3-12(9,10)8-5-4-6(7-8)11-2/h4-5H,3H2,1-2H3. The molecule has 5 nitrogen and oxygen atoms in total. The first-order valence-corrected chi connectivity index (χ1v) is 5.04. The normalized spacial score (nSPS) is 11.5. The summed E-state index contributed by atoms with van der Waals surface area (Å²) in [6.45, 7) is 1.56. The molecule has 0 atom stereocenters. The molecule has 68 valence electrons. The zero-order valence-electron chi connectivity index (χ0n) is 6.89. The van der Waals surface area contributed by atoms with E-state index in [4.69, 9.17) is 4.74 Å². The fourth-order valence-electron chi connectivity index (χ4n) is 0.687. The van der Waals surface area contributed by atoms with Gasteiger partial charge in [-0.25, -0.2) is 8.42 Å². The molecule has 6 heteroatoms. The maximum Gasteiger partial charge on any atom is 0.253 e. The molecule has 0 saturated carbocycles. The molecule has 1 aromatic heterocycles. The third kappa shape index (κ3) is 1.58. The Morgan fingerprint density at radius 2 is 2.33 bits per heavy atom. The molecule has 1 rings (SSSR count). The fraction of sp³-hybridized carbons (Fsp3) is 0.500. The first kappa shape index (κ1) is 9.05. The van der Waals surface area contributed by atoms with Crippen LogP contribution in [0.4, 0.5) is 0 Å². The largest absolute Gasteiger partial charge is 0.480 e. The smallest absolute Gasteiger partial charge is 0.253 e. The van der Waals surface area contributed by atoms with Crippen LogP contribution in [0.3, 0.4) is 0 Å². The zero-order chi connectivity index (χ0) is 9.19. The van der Waals surface area contributed by atoms with Crippen LogP contribution in [0.15, 0.2) is 12.3 Å². The molecule has 0 aromatic carbocycles. The van der Waals surface area contributed by atoms with Gasteiger partial charge in [-0.1, -0.05) is 0 Å². The third-order valence-corrected chi connectivity index (χ3v) is 2.90. The Morgan fingerprint density at radius 3 is 2.75 bits per heavy atom. The number of ether oxygens (including phenoxy) is 1. The molecule has 12 heavy (non-hydrogen) atoms. The topological polar surface area (TPSA) is 61.2 Å². The van der Waals surface area contributed by atoms with E-state index in [1.807, 2.05) is 0 Å². The van der Waals surface area contributed by atoms with E-state index in [1.54, 1.807) is 6.92 Å². The summed E-state index contributed by atoms with van der Waals surface area (Å²) in [6.07, 6.45) is 1.36. The summed E-state index contributed by atoms with van der Waals surface area (Å²) in [5.41, 5.74) is 0. The first-order valence-electron chi connectivity index (χ1n) is 3.43. The third-order valence-electron chi connectivity index (χ3n) is 1.40. The second kappa shape index (κ2) is 3.14. The predicted molar refractivity (Wildman–Crippen MR) is 43.6 cm³/mol. The van der Waals surface area contributed by atoms with Crippen LogP contribution in [0, 0.1) is 0 Å². The summed E-state index contributed by atoms with van der Waals surface area (Å²) >= 11 is 0. The summed E-state index contributed by atoms with van der Waals surface area (Å²) in [5.74, 6) is 0.324. The van der Waals surface area contributed by atoms with Crippen molar-refractivity contribution in [3.05, 3.63) is 12.3 Å². The van der Waals surface area contributed by atoms with Crippen molar-refractivity contribution in [3.8, 4) is 5.88 Å². The number of nitrogens with zero attached hydrogens (tertiary/aromatic N) is 2. The predicted octanol–water partition coefficient (Wildman–Crippen LogP) is 0.0895. The van der Waals surface area contributed by atoms with Crippen LogP contribution in [-0.4, -0.2) is 30.5 Å². The van der Waals surface area contributed by atoms with Crippen molar-refractivity contribution in [2.45, 2.75) is 6.92 Å². The molecule has 0 radical (unpaired) electrons. The minimum atomic E-state index is -3.26. The van der Waals surface area contributed by atoms with E-state index in [1.165, 1.54) is 19.4 Å². The molecule has 0 aliphatic heterocycles. The number of methoxy groups -OCH3 is 1. The van der Waals surface area contributed by atoms with Crippen molar-refractivity contribution in [3.63, 3.8) is 0 Å². The summed E-state index contributed by atoms with van der Waals surface area (Å²) in [5, 5.41) is 3.68. The van der Waals surface area contributed by atoms with Gasteiger partial charge in [-0.3, -0.25) is 0 Å². The lowest BCUT2D eigenvalue weighted by molar-refractivity contribution is 0.395. The number of rotatable bonds is 3. The second-order valence-corrected chi connectivity index (χ2v) is 4.25. The van der Waals surface area contributed by atoms with Gasteiger partial charge in [0.1, 0.15) is 0 Å². The highest BCUT2D eigenvalue weighted by atomic mass is 32.2. The van der Waals surface area contributed by atoms with E-state index >= 15 is 0 Å². The number of hydrogen-bond donors (Lipinski definition) is 0. The van der Waals surface area contributed by atoms with Gasteiger partial charge < -0.3 is 4.74 Å². The van der Waals surface area contributed by atoms with Crippen molar-refractivity contribution in [1.82, 2.24) is 9.19 Å². The van der Waals surface area contributed by atoms with E-state index < -0.39 is 10.0 Å². The lowest BCUT2D eigenvalue weighted by Gasteiger charge is -1.98. The average Bonchev–Trinajstić information content (AvgIpc) is 2.52. The Balaban J connectivity index is 3.05. The van der Waals surface area contributed by atoms with Gasteiger partial charge in [0, 0.05) is 12.3 Å². The van der Waals surface area contributed by atoms with Crippen LogP contribution < -0.4 is 4.74 Å². The molecular weight excluding hydrogens is 180 g/mol. The van der Waals surface area contributed by atoms with E-state index in [9.17, 15) is 8.42 Å². The minimum absolute atomic E-state index is 0.0256. The van der Waals surface area contributed by atoms with Gasteiger partial charge in [0.15, 0.2) is 0 Å². The molecule has 0 aliphatic carbocycles. The van der Waals surface area contributed by atoms with Crippen LogP contribution in [0.2, 0.25) is 0 Å². The lowest BCUT2D eigenvalue weighted by Crippen LogP contribution is -2.15. The van der Waals surface area contributed by atoms with Gasteiger partial charge in [0.2, 0.25) is 5.88 Å². The van der Waals surface area contributed by atoms with Crippen LogP contribution in [0.5, 0.6) is 5.88 Å². The highest BCUT2D eigenvalue weighted by Gasteiger charge is 2.11. The van der Waals surface area contributed by atoms with Crippen LogP contribution >= 0.6 is 0 Å². The summed E-state index contributed by atoms with van der Waals surface area (Å²) in [4.78, 5) is 0. The van der Waals surface area contributed by atoms with E-state index in [-0.39, 0.29) is 5.75 Å². The van der Waals surface area contributed by atoms with Crippen molar-refractivity contribution < 1.29 is 13.2 Å². The fourth-order valence-corrected chi connectivity index (χ4v) is 1.40. The molecule has 1 aromatic rings. The van der Waals surface area contributed by atoms with Crippen molar-refractivity contribution in [2.75, 3.05) is 12.9 Å². The Kier molecular flexibility index (Phi) is 2.37. The Morgan fingerprint density at radius 1 is 1.67 bits per heavy atom. The number of aromatic nitrogens is 2. The Labute approximate surface area is 71.0 Å². The van der Waals surface area contributed by atoms with Gasteiger partial charge in [-0.15, -0.1) is 5.10 Å². The molecular formula is C6H10N2O3S. The number of hydrogen-bond acceptors (Lipinski definition) is 4. The van der Waals surface area contributed by atoms with Gasteiger partial charge in [-0.2, -0.15) is 4.09 Å². The van der Waals surface area contributed by atoms with Gasteiger partial charge in [0.05, 0.1) is 12.9 Å². The molecule has 0 saturated heterocycles. The quantitative estimate of drug-likeness (QED) is 0.677. The summed E-state index contributed by atoms with van der Waals surface area (Å²) in [6, 6.07) is 1.49. The molecule has 0 fully saturated rings. The highest BCUT2D eigenvalue weighted by molar-refractivity contribution is 7.89. The van der Waals surface area contributed by atoms with Crippen LogP contribution in [0.25, 0.3) is 0 Å². The molecule has 0 spiro atoms. The van der Waals surface area contributed by atoms with Gasteiger partial charge in [0.25, 0.3) is 10.0 Å². The van der Waals surface area contributed by atoms with Gasteiger partial charge >= 0.3 is 0 Å². The molecule has 0 aliphatic rings. The van der Waals surface area contributed by atoms with Crippen LogP contribution in [0.1, 0.15) is 6.92 Å². The zero-order valence-corrected chi connectivity index (χ0v) is 7.71. The van der Waals surface area contributed by atoms with E-state index in [0.29, 0.717) is 5.88 Å². The molecule has 0 N–H and O–H groups in total. The van der Waals surface area contributed by atoms with Crippen LogP contribution in [-0.2, 0) is 10.0 Å². The molecule has 0 bridgehead atoms. The van der Waals surface area contributed by atoms with E-state index in [2.05, 4.69) is 5.10 Å². The van der Waals surface area contributed by atoms with Gasteiger partial charge in [-0.05, 0) is 6.92 Å². The summed E-state index contributed by atoms with van der Waals surface area (Å²) < 4.78 is 28.0. The molecule has 0 amide bonds. The van der Waals surface area contributed by atoms with Crippen molar-refractivity contribution in [2.24, 2.45) is 0 Å². The first-order chi connectivity index (χ1) is 5.60. The summed E-state index contributed by atoms with van der Waals surface area (Å²) in [7, 11) is -1.83. The highest BCUT2D eigenvalue weighted by Crippen LogP contribution is 2.06. The SMILES string of the molecule is CCS(=O)(=O)n1ccc(OC)n1. The molecule has 0 unspecified atom stereocenters. The Hall–Kier alpha value is -1.04. The maximum atomic E-state index is 11.2.